The summed E-state index contributed by atoms with van der Waals surface area (Å²) in [6.07, 6.45) is 4.20. The van der Waals surface area contributed by atoms with Crippen molar-refractivity contribution in [1.29, 1.82) is 5.26 Å². The van der Waals surface area contributed by atoms with Gasteiger partial charge in [0.2, 0.25) is 0 Å². The molecule has 8 heteroatoms. The molecule has 0 radical (unpaired) electrons. The molecule has 0 bridgehead atoms. The smallest absolute Gasteiger partial charge is 0.290 e. The molecule has 0 saturated heterocycles. The first-order chi connectivity index (χ1) is 12.5. The van der Waals surface area contributed by atoms with Gasteiger partial charge in [0.25, 0.3) is 6.47 Å². The lowest BCUT2D eigenvalue weighted by Crippen LogP contribution is -2.00. The normalized spacial score (nSPS) is 9.73. The predicted molar refractivity (Wildman–Crippen MR) is 97.0 cm³/mol. The zero-order valence-corrected chi connectivity index (χ0v) is 14.4. The van der Waals surface area contributed by atoms with Gasteiger partial charge in [-0.3, -0.25) is 9.78 Å². The van der Waals surface area contributed by atoms with Crippen LogP contribution in [0.2, 0.25) is 0 Å². The molecule has 0 aliphatic heterocycles. The van der Waals surface area contributed by atoms with Crippen LogP contribution in [0.15, 0.2) is 30.6 Å². The molecular formula is C18H18N6O2. The number of imidazole rings is 1. The number of aromatic nitrogens is 4. The van der Waals surface area contributed by atoms with Crippen LogP contribution in [-0.4, -0.2) is 31.5 Å². The number of carbonyl (C=O) groups is 1. The number of rotatable bonds is 3. The maximum absolute atomic E-state index is 9.46. The second-order valence-corrected chi connectivity index (χ2v) is 5.28. The van der Waals surface area contributed by atoms with Gasteiger partial charge in [0.15, 0.2) is 0 Å². The fourth-order valence-electron chi connectivity index (χ4n) is 2.48. The predicted octanol–water partition coefficient (Wildman–Crippen LogP) is 2.56. The number of nitrogens with two attached hydrogens (primary N) is 1. The van der Waals surface area contributed by atoms with Crippen LogP contribution in [0.3, 0.4) is 0 Å². The number of carboxylic acid groups (broad SMARTS) is 1. The van der Waals surface area contributed by atoms with E-state index in [1.807, 2.05) is 32.0 Å². The van der Waals surface area contributed by atoms with Crippen molar-refractivity contribution in [2.75, 3.05) is 5.73 Å². The third kappa shape index (κ3) is 3.84. The van der Waals surface area contributed by atoms with E-state index in [-0.39, 0.29) is 12.3 Å². The van der Waals surface area contributed by atoms with Crippen molar-refractivity contribution in [3.8, 4) is 28.6 Å². The zero-order chi connectivity index (χ0) is 19.1. The molecule has 0 amide bonds. The molecule has 0 aliphatic rings. The lowest BCUT2D eigenvalue weighted by atomic mass is 10.0. The van der Waals surface area contributed by atoms with Gasteiger partial charge >= 0.3 is 0 Å². The van der Waals surface area contributed by atoms with Crippen LogP contribution in [0, 0.1) is 18.3 Å². The minimum atomic E-state index is -0.250. The molecule has 0 fully saturated rings. The topological polar surface area (TPSA) is 142 Å². The molecule has 0 aliphatic carbocycles. The van der Waals surface area contributed by atoms with Crippen LogP contribution in [0.1, 0.15) is 24.0 Å². The van der Waals surface area contributed by atoms with Gasteiger partial charge in [-0.25, -0.2) is 9.97 Å². The second kappa shape index (κ2) is 8.39. The summed E-state index contributed by atoms with van der Waals surface area (Å²) in [7, 11) is 0. The molecule has 0 aromatic carbocycles. The molecule has 8 nitrogen and oxygen atoms in total. The lowest BCUT2D eigenvalue weighted by molar-refractivity contribution is -0.122. The Labute approximate surface area is 150 Å². The van der Waals surface area contributed by atoms with Gasteiger partial charge in [0.1, 0.15) is 23.3 Å². The van der Waals surface area contributed by atoms with Crippen LogP contribution < -0.4 is 5.73 Å². The highest BCUT2D eigenvalue weighted by Crippen LogP contribution is 2.31. The molecule has 26 heavy (non-hydrogen) atoms. The summed E-state index contributed by atoms with van der Waals surface area (Å²) in [5.74, 6) is 1.07. The van der Waals surface area contributed by atoms with Crippen molar-refractivity contribution in [3.63, 3.8) is 0 Å². The number of hydrogen-bond donors (Lipinski definition) is 3. The van der Waals surface area contributed by atoms with Crippen molar-refractivity contribution in [3.05, 3.63) is 47.7 Å². The summed E-state index contributed by atoms with van der Waals surface area (Å²) in [4.78, 5) is 24.6. The SMILES string of the molecule is CCc1nc(-c2cc(-c3cccnc3)nc(N)c2C#N)c(C)[nH]1.O=CO. The Morgan fingerprint density at radius 3 is 2.69 bits per heavy atom. The van der Waals surface area contributed by atoms with Gasteiger partial charge in [-0.1, -0.05) is 6.92 Å². The van der Waals surface area contributed by atoms with Crippen LogP contribution in [-0.2, 0) is 11.2 Å². The Hall–Kier alpha value is -3.73. The third-order valence-electron chi connectivity index (χ3n) is 3.64. The van der Waals surface area contributed by atoms with Crippen LogP contribution in [0.5, 0.6) is 0 Å². The van der Waals surface area contributed by atoms with E-state index in [2.05, 4.69) is 26.0 Å². The van der Waals surface area contributed by atoms with Gasteiger partial charge in [0, 0.05) is 35.6 Å². The maximum Gasteiger partial charge on any atom is 0.290 e. The number of nitrogens with one attached hydrogen (secondary N) is 1. The Bertz CT molecular complexity index is 944. The molecule has 0 atom stereocenters. The van der Waals surface area contributed by atoms with Crippen molar-refractivity contribution in [1.82, 2.24) is 19.9 Å². The summed E-state index contributed by atoms with van der Waals surface area (Å²) in [5, 5.41) is 16.3. The molecule has 3 heterocycles. The number of nitrogens with zero attached hydrogens (tertiary/aromatic N) is 4. The first-order valence-corrected chi connectivity index (χ1v) is 7.80. The molecule has 132 valence electrons. The number of anilines is 1. The quantitative estimate of drug-likeness (QED) is 0.616. The number of nitrogen functional groups attached to an aromatic ring is 1. The first-order valence-electron chi connectivity index (χ1n) is 7.80. The highest BCUT2D eigenvalue weighted by atomic mass is 16.3. The number of pyridine rings is 2. The van der Waals surface area contributed by atoms with Gasteiger partial charge in [-0.05, 0) is 25.1 Å². The first kappa shape index (κ1) is 18.6. The Morgan fingerprint density at radius 2 is 2.15 bits per heavy atom. The van der Waals surface area contributed by atoms with Crippen LogP contribution in [0.25, 0.3) is 22.5 Å². The number of hydrogen-bond acceptors (Lipinski definition) is 6. The summed E-state index contributed by atoms with van der Waals surface area (Å²) in [6.45, 7) is 3.71. The summed E-state index contributed by atoms with van der Waals surface area (Å²) >= 11 is 0. The zero-order valence-electron chi connectivity index (χ0n) is 14.4. The second-order valence-electron chi connectivity index (χ2n) is 5.28. The Balaban J connectivity index is 0.000000758. The molecule has 0 spiro atoms. The summed E-state index contributed by atoms with van der Waals surface area (Å²) in [6, 6.07) is 7.72. The number of nitriles is 1. The van der Waals surface area contributed by atoms with Crippen molar-refractivity contribution < 1.29 is 9.90 Å². The van der Waals surface area contributed by atoms with Crippen LogP contribution in [0.4, 0.5) is 5.82 Å². The van der Waals surface area contributed by atoms with E-state index in [0.717, 1.165) is 29.2 Å². The van der Waals surface area contributed by atoms with Crippen LogP contribution >= 0.6 is 0 Å². The highest BCUT2D eigenvalue weighted by Gasteiger charge is 2.17. The third-order valence-corrected chi connectivity index (χ3v) is 3.64. The van der Waals surface area contributed by atoms with Gasteiger partial charge in [-0.2, -0.15) is 5.26 Å². The van der Waals surface area contributed by atoms with E-state index in [1.54, 1.807) is 12.4 Å². The van der Waals surface area contributed by atoms with Crippen molar-refractivity contribution in [2.45, 2.75) is 20.3 Å². The van der Waals surface area contributed by atoms with Crippen molar-refractivity contribution >= 4 is 12.3 Å². The van der Waals surface area contributed by atoms with Gasteiger partial charge in [0.05, 0.1) is 11.4 Å². The van der Waals surface area contributed by atoms with E-state index in [9.17, 15) is 5.26 Å². The standard InChI is InChI=1S/C17H16N6.CH2O2/c1-3-15-21-10(2)16(23-15)12-7-14(11-5-4-6-20-9-11)22-17(19)13(12)8-18;2-1-3/h4-7,9H,3H2,1-2H3,(H2,19,22)(H,21,23);1H,(H,2,3). The van der Waals surface area contributed by atoms with E-state index in [1.165, 1.54) is 0 Å². The highest BCUT2D eigenvalue weighted by molar-refractivity contribution is 5.79. The molecule has 3 aromatic heterocycles. The average molecular weight is 350 g/mol. The average Bonchev–Trinajstić information content (AvgIpc) is 3.03. The van der Waals surface area contributed by atoms with E-state index in [4.69, 9.17) is 15.6 Å². The van der Waals surface area contributed by atoms with E-state index < -0.39 is 0 Å². The number of aryl methyl sites for hydroxylation is 2. The van der Waals surface area contributed by atoms with E-state index in [0.29, 0.717) is 16.8 Å². The van der Waals surface area contributed by atoms with E-state index >= 15 is 0 Å². The Morgan fingerprint density at radius 1 is 1.42 bits per heavy atom. The number of aromatic amines is 1. The molecule has 0 saturated carbocycles. The largest absolute Gasteiger partial charge is 0.483 e. The fraction of sp³-hybridized carbons (Fsp3) is 0.167. The molecule has 3 aromatic rings. The molecule has 4 N–H and O–H groups in total. The number of H-pyrrole nitrogens is 1. The van der Waals surface area contributed by atoms with Crippen molar-refractivity contribution in [2.24, 2.45) is 0 Å². The monoisotopic (exact) mass is 350 g/mol. The molecule has 3 rings (SSSR count). The summed E-state index contributed by atoms with van der Waals surface area (Å²) < 4.78 is 0. The molecule has 0 unspecified atom stereocenters. The Kier molecular flexibility index (Phi) is 6.01. The maximum atomic E-state index is 9.46. The minimum Gasteiger partial charge on any atom is -0.483 e. The minimum absolute atomic E-state index is 0.198. The van der Waals surface area contributed by atoms with Gasteiger partial charge in [-0.15, -0.1) is 0 Å². The summed E-state index contributed by atoms with van der Waals surface area (Å²) in [5.41, 5.74) is 10.2. The lowest BCUT2D eigenvalue weighted by Gasteiger charge is -2.08. The molecular weight excluding hydrogens is 332 g/mol. The fourth-order valence-corrected chi connectivity index (χ4v) is 2.48. The van der Waals surface area contributed by atoms with Gasteiger partial charge < -0.3 is 15.8 Å².